The minimum absolute atomic E-state index is 0.0522. The van der Waals surface area contributed by atoms with Crippen molar-refractivity contribution in [1.29, 1.82) is 0 Å². The Hall–Kier alpha value is -2.04. The van der Waals surface area contributed by atoms with Gasteiger partial charge in [0.1, 0.15) is 0 Å². The SMILES string of the molecule is Cc1ccc(C(=O)Nc2ccc(C(=O)O)cc2Cl)cc1Cl. The first-order chi connectivity index (χ1) is 9.88. The second-order valence-electron chi connectivity index (χ2n) is 4.42. The molecule has 0 aromatic heterocycles. The molecule has 0 bridgehead atoms. The predicted molar refractivity (Wildman–Crippen MR) is 82.6 cm³/mol. The van der Waals surface area contributed by atoms with E-state index in [1.165, 1.54) is 18.2 Å². The summed E-state index contributed by atoms with van der Waals surface area (Å²) in [6, 6.07) is 9.04. The Morgan fingerprint density at radius 1 is 1.00 bits per heavy atom. The van der Waals surface area contributed by atoms with E-state index in [-0.39, 0.29) is 16.5 Å². The summed E-state index contributed by atoms with van der Waals surface area (Å²) in [6.45, 7) is 1.84. The molecule has 0 unspecified atom stereocenters. The number of hydrogen-bond acceptors (Lipinski definition) is 2. The van der Waals surface area contributed by atoms with Crippen molar-refractivity contribution in [2.45, 2.75) is 6.92 Å². The van der Waals surface area contributed by atoms with Crippen molar-refractivity contribution in [3.63, 3.8) is 0 Å². The van der Waals surface area contributed by atoms with Gasteiger partial charge in [-0.15, -0.1) is 0 Å². The van der Waals surface area contributed by atoms with Crippen LogP contribution in [0.25, 0.3) is 0 Å². The molecular formula is C15H11Cl2NO3. The second kappa shape index (κ2) is 6.16. The number of carbonyl (C=O) groups is 2. The van der Waals surface area contributed by atoms with Crippen LogP contribution in [0.1, 0.15) is 26.3 Å². The van der Waals surface area contributed by atoms with Gasteiger partial charge in [0.15, 0.2) is 0 Å². The molecule has 2 rings (SSSR count). The van der Waals surface area contributed by atoms with Crippen LogP contribution in [0.15, 0.2) is 36.4 Å². The summed E-state index contributed by atoms with van der Waals surface area (Å²) in [5, 5.41) is 12.1. The molecule has 0 aliphatic carbocycles. The minimum Gasteiger partial charge on any atom is -0.478 e. The number of anilines is 1. The lowest BCUT2D eigenvalue weighted by Crippen LogP contribution is -2.12. The van der Waals surface area contributed by atoms with Crippen LogP contribution in [-0.4, -0.2) is 17.0 Å². The van der Waals surface area contributed by atoms with Crippen LogP contribution >= 0.6 is 23.2 Å². The summed E-state index contributed by atoms with van der Waals surface area (Å²) in [5.74, 6) is -1.46. The van der Waals surface area contributed by atoms with E-state index in [0.717, 1.165) is 5.56 Å². The van der Waals surface area contributed by atoms with Gasteiger partial charge in [-0.2, -0.15) is 0 Å². The van der Waals surface area contributed by atoms with Crippen LogP contribution in [0, 0.1) is 6.92 Å². The second-order valence-corrected chi connectivity index (χ2v) is 5.23. The van der Waals surface area contributed by atoms with Crippen molar-refractivity contribution in [3.05, 3.63) is 63.1 Å². The number of amides is 1. The normalized spacial score (nSPS) is 10.2. The van der Waals surface area contributed by atoms with Gasteiger partial charge < -0.3 is 10.4 Å². The van der Waals surface area contributed by atoms with Gasteiger partial charge in [0.25, 0.3) is 5.91 Å². The number of carboxylic acids is 1. The van der Waals surface area contributed by atoms with E-state index in [2.05, 4.69) is 5.32 Å². The number of hydrogen-bond donors (Lipinski definition) is 2. The first kappa shape index (κ1) is 15.4. The fourth-order valence-electron chi connectivity index (χ4n) is 1.68. The highest BCUT2D eigenvalue weighted by atomic mass is 35.5. The van der Waals surface area contributed by atoms with Gasteiger partial charge in [0, 0.05) is 10.6 Å². The Morgan fingerprint density at radius 3 is 2.19 bits per heavy atom. The quantitative estimate of drug-likeness (QED) is 0.887. The van der Waals surface area contributed by atoms with Gasteiger partial charge in [-0.05, 0) is 42.8 Å². The molecule has 0 spiro atoms. The number of benzene rings is 2. The molecule has 4 nitrogen and oxygen atoms in total. The molecule has 0 radical (unpaired) electrons. The van der Waals surface area contributed by atoms with Crippen molar-refractivity contribution in [2.24, 2.45) is 0 Å². The van der Waals surface area contributed by atoms with E-state index in [4.69, 9.17) is 28.3 Å². The molecule has 21 heavy (non-hydrogen) atoms. The van der Waals surface area contributed by atoms with Crippen LogP contribution in [0.5, 0.6) is 0 Å². The third kappa shape index (κ3) is 3.54. The summed E-state index contributed by atoms with van der Waals surface area (Å²) < 4.78 is 0. The fraction of sp³-hybridized carbons (Fsp3) is 0.0667. The zero-order chi connectivity index (χ0) is 15.6. The Kier molecular flexibility index (Phi) is 4.50. The molecule has 0 aliphatic heterocycles. The number of carbonyl (C=O) groups excluding carboxylic acids is 1. The summed E-state index contributed by atoms with van der Waals surface area (Å²) in [7, 11) is 0. The van der Waals surface area contributed by atoms with Crippen molar-refractivity contribution < 1.29 is 14.7 Å². The highest BCUT2D eigenvalue weighted by molar-refractivity contribution is 6.34. The molecule has 0 fully saturated rings. The van der Waals surface area contributed by atoms with Gasteiger partial charge in [-0.1, -0.05) is 29.3 Å². The lowest BCUT2D eigenvalue weighted by atomic mass is 10.1. The van der Waals surface area contributed by atoms with Gasteiger partial charge in [-0.25, -0.2) is 4.79 Å². The number of carboxylic acid groups (broad SMARTS) is 1. The highest BCUT2D eigenvalue weighted by Crippen LogP contribution is 2.24. The third-order valence-corrected chi connectivity index (χ3v) is 3.62. The van der Waals surface area contributed by atoms with E-state index < -0.39 is 5.97 Å². The van der Waals surface area contributed by atoms with Crippen LogP contribution in [0.4, 0.5) is 5.69 Å². The first-order valence-corrected chi connectivity index (χ1v) is 6.74. The maximum Gasteiger partial charge on any atom is 0.335 e. The molecule has 2 aromatic rings. The van der Waals surface area contributed by atoms with Crippen LogP contribution in [-0.2, 0) is 0 Å². The van der Waals surface area contributed by atoms with Crippen LogP contribution < -0.4 is 5.32 Å². The molecule has 1 amide bonds. The van der Waals surface area contributed by atoms with E-state index in [9.17, 15) is 9.59 Å². The molecule has 0 atom stereocenters. The number of rotatable bonds is 3. The van der Waals surface area contributed by atoms with E-state index in [0.29, 0.717) is 16.3 Å². The van der Waals surface area contributed by atoms with Crippen molar-refractivity contribution in [1.82, 2.24) is 0 Å². The van der Waals surface area contributed by atoms with Gasteiger partial charge in [0.2, 0.25) is 0 Å². The molecule has 0 heterocycles. The maximum atomic E-state index is 12.1. The summed E-state index contributed by atoms with van der Waals surface area (Å²) in [5.41, 5.74) is 1.65. The standard InChI is InChI=1S/C15H11Cl2NO3/c1-8-2-3-9(6-11(8)16)14(19)18-13-5-4-10(15(20)21)7-12(13)17/h2-7H,1H3,(H,18,19)(H,20,21). The van der Waals surface area contributed by atoms with Gasteiger partial charge in [-0.3, -0.25) is 4.79 Å². The molecule has 0 aliphatic rings. The molecule has 108 valence electrons. The summed E-state index contributed by atoms with van der Waals surface area (Å²) in [4.78, 5) is 22.9. The zero-order valence-electron chi connectivity index (χ0n) is 11.0. The number of nitrogens with one attached hydrogen (secondary N) is 1. The Labute approximate surface area is 131 Å². The van der Waals surface area contributed by atoms with Crippen molar-refractivity contribution in [3.8, 4) is 0 Å². The Morgan fingerprint density at radius 2 is 1.62 bits per heavy atom. The molecule has 0 saturated heterocycles. The van der Waals surface area contributed by atoms with Crippen molar-refractivity contribution in [2.75, 3.05) is 5.32 Å². The maximum absolute atomic E-state index is 12.1. The zero-order valence-corrected chi connectivity index (χ0v) is 12.5. The smallest absolute Gasteiger partial charge is 0.335 e. The van der Waals surface area contributed by atoms with E-state index >= 15 is 0 Å². The highest BCUT2D eigenvalue weighted by Gasteiger charge is 2.12. The monoisotopic (exact) mass is 323 g/mol. The molecule has 0 saturated carbocycles. The van der Waals surface area contributed by atoms with Gasteiger partial charge >= 0.3 is 5.97 Å². The lowest BCUT2D eigenvalue weighted by molar-refractivity contribution is 0.0696. The lowest BCUT2D eigenvalue weighted by Gasteiger charge is -2.09. The van der Waals surface area contributed by atoms with Crippen LogP contribution in [0.2, 0.25) is 10.0 Å². The average molecular weight is 324 g/mol. The number of aromatic carboxylic acids is 1. The Balaban J connectivity index is 2.23. The summed E-state index contributed by atoms with van der Waals surface area (Å²) >= 11 is 11.9. The predicted octanol–water partition coefficient (Wildman–Crippen LogP) is 4.25. The fourth-order valence-corrected chi connectivity index (χ4v) is 2.09. The van der Waals surface area contributed by atoms with Crippen LogP contribution in [0.3, 0.4) is 0 Å². The molecule has 2 N–H and O–H groups in total. The number of aryl methyl sites for hydroxylation is 1. The number of halogens is 2. The average Bonchev–Trinajstić information content (AvgIpc) is 2.43. The third-order valence-electron chi connectivity index (χ3n) is 2.90. The van der Waals surface area contributed by atoms with E-state index in [1.54, 1.807) is 18.2 Å². The molecule has 2 aromatic carbocycles. The summed E-state index contributed by atoms with van der Waals surface area (Å²) in [6.07, 6.45) is 0. The van der Waals surface area contributed by atoms with E-state index in [1.807, 2.05) is 6.92 Å². The Bertz CT molecular complexity index is 729. The molecular weight excluding hydrogens is 313 g/mol. The first-order valence-electron chi connectivity index (χ1n) is 5.99. The minimum atomic E-state index is -1.08. The van der Waals surface area contributed by atoms with Gasteiger partial charge in [0.05, 0.1) is 16.3 Å². The largest absolute Gasteiger partial charge is 0.478 e. The van der Waals surface area contributed by atoms with Crippen molar-refractivity contribution >= 4 is 40.8 Å². The topological polar surface area (TPSA) is 66.4 Å². The molecule has 6 heteroatoms.